The summed E-state index contributed by atoms with van der Waals surface area (Å²) in [4.78, 5) is 46.5. The maximum absolute atomic E-state index is 13.7. The van der Waals surface area contributed by atoms with Gasteiger partial charge in [0.15, 0.2) is 0 Å². The first-order valence-corrected chi connectivity index (χ1v) is 14.4. The van der Waals surface area contributed by atoms with Crippen molar-refractivity contribution in [3.05, 3.63) is 101 Å². The van der Waals surface area contributed by atoms with Crippen molar-refractivity contribution in [1.82, 2.24) is 23.9 Å². The van der Waals surface area contributed by atoms with Crippen molar-refractivity contribution < 1.29 is 19.8 Å². The van der Waals surface area contributed by atoms with Crippen molar-refractivity contribution in [2.75, 3.05) is 26.2 Å². The number of likely N-dealkylation sites (tertiary alicyclic amines) is 2. The van der Waals surface area contributed by atoms with E-state index in [0.29, 0.717) is 56.5 Å². The first-order chi connectivity index (χ1) is 20.3. The van der Waals surface area contributed by atoms with E-state index in [-0.39, 0.29) is 36.4 Å². The first-order valence-electron chi connectivity index (χ1n) is 14.4. The van der Waals surface area contributed by atoms with E-state index >= 15 is 0 Å². The van der Waals surface area contributed by atoms with Crippen LogP contribution in [-0.4, -0.2) is 77.9 Å². The summed E-state index contributed by atoms with van der Waals surface area (Å²) in [6.07, 6.45) is 3.52. The summed E-state index contributed by atoms with van der Waals surface area (Å²) >= 11 is 0. The fraction of sp³-hybridized carbons (Fsp3) is 0.375. The largest absolute Gasteiger partial charge is 0.465 e. The van der Waals surface area contributed by atoms with Crippen molar-refractivity contribution in [2.24, 2.45) is 5.92 Å². The molecule has 0 saturated carbocycles. The van der Waals surface area contributed by atoms with E-state index in [1.807, 2.05) is 71.4 Å². The van der Waals surface area contributed by atoms with Crippen LogP contribution in [0.15, 0.2) is 84.0 Å². The van der Waals surface area contributed by atoms with Gasteiger partial charge in [-0.05, 0) is 36.5 Å². The Labute approximate surface area is 243 Å². The number of carbonyl (C=O) groups is 2. The van der Waals surface area contributed by atoms with Crippen molar-refractivity contribution in [2.45, 2.75) is 43.9 Å². The van der Waals surface area contributed by atoms with E-state index in [1.165, 1.54) is 15.8 Å². The van der Waals surface area contributed by atoms with Crippen LogP contribution < -0.4 is 5.56 Å². The molecule has 2 aliphatic rings. The minimum absolute atomic E-state index is 0.00375. The van der Waals surface area contributed by atoms with E-state index < -0.39 is 11.7 Å². The third-order valence-electron chi connectivity index (χ3n) is 8.84. The van der Waals surface area contributed by atoms with Crippen LogP contribution in [0.4, 0.5) is 4.79 Å². The van der Waals surface area contributed by atoms with Crippen LogP contribution in [0, 0.1) is 5.92 Å². The van der Waals surface area contributed by atoms with Gasteiger partial charge in [0, 0.05) is 50.8 Å². The summed E-state index contributed by atoms with van der Waals surface area (Å²) in [5.74, 6) is -0.561. The molecular formula is C32H35N5O5. The predicted molar refractivity (Wildman–Crippen MR) is 157 cm³/mol. The second kappa shape index (κ2) is 11.4. The molecule has 6 rings (SSSR count). The number of amides is 2. The van der Waals surface area contributed by atoms with Crippen molar-refractivity contribution in [3.63, 3.8) is 0 Å². The van der Waals surface area contributed by atoms with Gasteiger partial charge < -0.3 is 24.6 Å². The van der Waals surface area contributed by atoms with Gasteiger partial charge in [0.05, 0.1) is 17.5 Å². The van der Waals surface area contributed by atoms with E-state index in [0.717, 1.165) is 11.1 Å². The Morgan fingerprint density at radius 2 is 1.60 bits per heavy atom. The standard InChI is InChI=1S/C32H35N5O5/c38-29(25-11-16-36(31(40)41)20-27(25)24-9-5-2-6-10-24)34-17-13-32(42,14-18-34)21-37-22-33-28-26(30(37)39)12-15-35(28)19-23-7-3-1-4-8-23/h1-10,12,15,22,25,27,42H,11,13-14,16-21H2,(H,40,41)/t25-,27+/m1/s1. The molecule has 10 heteroatoms. The smallest absolute Gasteiger partial charge is 0.407 e. The topological polar surface area (TPSA) is 121 Å². The molecule has 4 aromatic rings. The monoisotopic (exact) mass is 569 g/mol. The van der Waals surface area contributed by atoms with Gasteiger partial charge in [-0.3, -0.25) is 14.2 Å². The molecule has 42 heavy (non-hydrogen) atoms. The first kappa shape index (κ1) is 27.7. The number of aliphatic hydroxyl groups is 1. The molecule has 2 atom stereocenters. The zero-order chi connectivity index (χ0) is 29.3. The van der Waals surface area contributed by atoms with Gasteiger partial charge in [0.25, 0.3) is 5.56 Å². The molecule has 0 radical (unpaired) electrons. The van der Waals surface area contributed by atoms with Gasteiger partial charge in [-0.15, -0.1) is 0 Å². The lowest BCUT2D eigenvalue weighted by Crippen LogP contribution is -2.53. The van der Waals surface area contributed by atoms with Gasteiger partial charge in [-0.2, -0.15) is 0 Å². The molecule has 2 aliphatic heterocycles. The minimum Gasteiger partial charge on any atom is -0.465 e. The van der Waals surface area contributed by atoms with Gasteiger partial charge in [0.1, 0.15) is 12.0 Å². The van der Waals surface area contributed by atoms with Crippen molar-refractivity contribution >= 4 is 23.0 Å². The lowest BCUT2D eigenvalue weighted by atomic mass is 9.79. The maximum atomic E-state index is 13.7. The Hall–Kier alpha value is -4.44. The van der Waals surface area contributed by atoms with E-state index in [4.69, 9.17) is 0 Å². The second-order valence-corrected chi connectivity index (χ2v) is 11.5. The molecule has 0 bridgehead atoms. The molecule has 2 N–H and O–H groups in total. The lowest BCUT2D eigenvalue weighted by Gasteiger charge is -2.42. The predicted octanol–water partition coefficient (Wildman–Crippen LogP) is 3.38. The fourth-order valence-corrected chi connectivity index (χ4v) is 6.44. The Bertz CT molecular complexity index is 1630. The van der Waals surface area contributed by atoms with Crippen LogP contribution in [0.1, 0.15) is 36.3 Å². The highest BCUT2D eigenvalue weighted by Crippen LogP contribution is 2.35. The third kappa shape index (κ3) is 5.54. The molecule has 2 aromatic heterocycles. The summed E-state index contributed by atoms with van der Waals surface area (Å²) in [5.41, 5.74) is 1.33. The number of nitrogens with zero attached hydrogens (tertiary/aromatic N) is 5. The highest BCUT2D eigenvalue weighted by Gasteiger charge is 2.41. The molecular weight excluding hydrogens is 534 g/mol. The van der Waals surface area contributed by atoms with Crippen LogP contribution in [0.3, 0.4) is 0 Å². The summed E-state index contributed by atoms with van der Waals surface area (Å²) in [6, 6.07) is 21.4. The third-order valence-corrected chi connectivity index (χ3v) is 8.84. The quantitative estimate of drug-likeness (QED) is 0.367. The Morgan fingerprint density at radius 3 is 2.29 bits per heavy atom. The number of benzene rings is 2. The number of carbonyl (C=O) groups excluding carboxylic acids is 1. The Balaban J connectivity index is 1.13. The van der Waals surface area contributed by atoms with E-state index in [9.17, 15) is 24.6 Å². The molecule has 4 heterocycles. The normalized spacial score (nSPS) is 20.5. The molecule has 2 saturated heterocycles. The van der Waals surface area contributed by atoms with Gasteiger partial charge in [-0.25, -0.2) is 9.78 Å². The molecule has 0 unspecified atom stereocenters. The second-order valence-electron chi connectivity index (χ2n) is 11.5. The molecule has 2 fully saturated rings. The SMILES string of the molecule is O=C(O)N1CC[C@@H](C(=O)N2CCC(O)(Cn3cnc4c(ccn4Cc4ccccc4)c3=O)CC2)[C@H](c2ccccc2)C1. The molecule has 2 amide bonds. The average Bonchev–Trinajstić information content (AvgIpc) is 3.42. The Kier molecular flexibility index (Phi) is 7.55. The number of fused-ring (bicyclic) bond motifs is 1. The van der Waals surface area contributed by atoms with Crippen molar-refractivity contribution in [3.8, 4) is 0 Å². The number of carboxylic acid groups (broad SMARTS) is 1. The van der Waals surface area contributed by atoms with Crippen LogP contribution in [-0.2, 0) is 17.9 Å². The average molecular weight is 570 g/mol. The number of rotatable bonds is 6. The summed E-state index contributed by atoms with van der Waals surface area (Å²) < 4.78 is 3.42. The number of aromatic nitrogens is 3. The van der Waals surface area contributed by atoms with Crippen LogP contribution >= 0.6 is 0 Å². The zero-order valence-corrected chi connectivity index (χ0v) is 23.4. The highest BCUT2D eigenvalue weighted by atomic mass is 16.4. The number of hydrogen-bond acceptors (Lipinski definition) is 5. The van der Waals surface area contributed by atoms with Crippen LogP contribution in [0.25, 0.3) is 11.0 Å². The summed E-state index contributed by atoms with van der Waals surface area (Å²) in [7, 11) is 0. The number of piperidine rings is 2. The summed E-state index contributed by atoms with van der Waals surface area (Å²) in [5, 5.41) is 21.5. The molecule has 10 nitrogen and oxygen atoms in total. The zero-order valence-electron chi connectivity index (χ0n) is 23.4. The number of hydrogen-bond donors (Lipinski definition) is 2. The molecule has 0 aliphatic carbocycles. The maximum Gasteiger partial charge on any atom is 0.407 e. The van der Waals surface area contributed by atoms with Crippen LogP contribution in [0.5, 0.6) is 0 Å². The fourth-order valence-electron chi connectivity index (χ4n) is 6.44. The summed E-state index contributed by atoms with van der Waals surface area (Å²) in [6.45, 7) is 2.04. The minimum atomic E-state index is -1.14. The van der Waals surface area contributed by atoms with Gasteiger partial charge in [-0.1, -0.05) is 60.7 Å². The molecule has 218 valence electrons. The van der Waals surface area contributed by atoms with Gasteiger partial charge >= 0.3 is 6.09 Å². The highest BCUT2D eigenvalue weighted by molar-refractivity contribution is 5.81. The Morgan fingerprint density at radius 1 is 0.905 bits per heavy atom. The van der Waals surface area contributed by atoms with Gasteiger partial charge in [0.2, 0.25) is 5.91 Å². The van der Waals surface area contributed by atoms with E-state index in [1.54, 1.807) is 11.0 Å². The molecule has 0 spiro atoms. The lowest BCUT2D eigenvalue weighted by molar-refractivity contribution is -0.142. The van der Waals surface area contributed by atoms with Crippen molar-refractivity contribution in [1.29, 1.82) is 0 Å². The van der Waals surface area contributed by atoms with E-state index in [2.05, 4.69) is 4.98 Å². The molecule has 2 aromatic carbocycles. The van der Waals surface area contributed by atoms with Crippen LogP contribution in [0.2, 0.25) is 0 Å².